The van der Waals surface area contributed by atoms with Crippen LogP contribution in [0.5, 0.6) is 0 Å². The number of nitrogens with one attached hydrogen (secondary N) is 1. The van der Waals surface area contributed by atoms with Crippen LogP contribution in [0.15, 0.2) is 24.4 Å². The third-order valence-corrected chi connectivity index (χ3v) is 3.68. The molecule has 0 saturated carbocycles. The van der Waals surface area contributed by atoms with E-state index in [0.717, 1.165) is 30.3 Å². The number of likely N-dealkylation sites (N-methyl/N-ethyl adjacent to an activating group) is 1. The number of nitrogens with zero attached hydrogens (tertiary/aromatic N) is 1. The Hall–Kier alpha value is -1.81. The highest BCUT2D eigenvalue weighted by molar-refractivity contribution is 5.86. The normalized spacial score (nSPS) is 15.8. The molecule has 1 aromatic carbocycles. The van der Waals surface area contributed by atoms with E-state index in [9.17, 15) is 9.90 Å². The van der Waals surface area contributed by atoms with Gasteiger partial charge < -0.3 is 15.0 Å². The minimum absolute atomic E-state index is 0.629. The van der Waals surface area contributed by atoms with Gasteiger partial charge in [0.05, 0.1) is 5.52 Å². The van der Waals surface area contributed by atoms with Crippen molar-refractivity contribution in [3.8, 4) is 0 Å². The number of benzene rings is 1. The molecule has 1 aliphatic heterocycles. The fraction of sp³-hybridized carbons (Fsp3) is 0.357. The fourth-order valence-corrected chi connectivity index (χ4v) is 2.88. The summed E-state index contributed by atoms with van der Waals surface area (Å²) < 4.78 is 2.26. The molecule has 0 aliphatic carbocycles. The largest absolute Gasteiger partial charge is 0.480 e. The highest BCUT2D eigenvalue weighted by Crippen LogP contribution is 2.29. The van der Waals surface area contributed by atoms with Gasteiger partial charge in [-0.2, -0.15) is 0 Å². The van der Waals surface area contributed by atoms with Crippen LogP contribution >= 0.6 is 0 Å². The second-order valence-corrected chi connectivity index (χ2v) is 4.79. The SMILES string of the molecule is CNC(C(=O)O)c1cc2c3c(ccn3CCC2)c1. The molecule has 4 nitrogen and oxygen atoms in total. The molecule has 0 spiro atoms. The molecule has 94 valence electrons. The van der Waals surface area contributed by atoms with Crippen LogP contribution < -0.4 is 5.32 Å². The molecule has 2 heterocycles. The summed E-state index contributed by atoms with van der Waals surface area (Å²) in [4.78, 5) is 11.2. The Morgan fingerprint density at radius 1 is 1.50 bits per heavy atom. The molecule has 1 aliphatic rings. The number of carboxylic acids is 1. The molecule has 0 fully saturated rings. The molecule has 0 radical (unpaired) electrons. The minimum atomic E-state index is -0.834. The zero-order chi connectivity index (χ0) is 12.7. The zero-order valence-electron chi connectivity index (χ0n) is 10.3. The molecule has 1 unspecified atom stereocenters. The summed E-state index contributed by atoms with van der Waals surface area (Å²) in [6, 6.07) is 5.46. The van der Waals surface area contributed by atoms with Gasteiger partial charge in [0.25, 0.3) is 0 Å². The Balaban J connectivity index is 2.18. The predicted molar refractivity (Wildman–Crippen MR) is 69.7 cm³/mol. The summed E-state index contributed by atoms with van der Waals surface area (Å²) in [5.41, 5.74) is 3.37. The summed E-state index contributed by atoms with van der Waals surface area (Å²) in [5.74, 6) is -0.834. The van der Waals surface area contributed by atoms with Crippen molar-refractivity contribution in [3.63, 3.8) is 0 Å². The third-order valence-electron chi connectivity index (χ3n) is 3.68. The van der Waals surface area contributed by atoms with Crippen LogP contribution in [0.25, 0.3) is 10.9 Å². The van der Waals surface area contributed by atoms with E-state index >= 15 is 0 Å². The summed E-state index contributed by atoms with van der Waals surface area (Å²) in [6.07, 6.45) is 4.24. The first kappa shape index (κ1) is 11.3. The van der Waals surface area contributed by atoms with E-state index in [1.807, 2.05) is 12.1 Å². The molecular formula is C14H16N2O2. The van der Waals surface area contributed by atoms with E-state index in [2.05, 4.69) is 22.1 Å². The van der Waals surface area contributed by atoms with Gasteiger partial charge in [0.1, 0.15) is 6.04 Å². The van der Waals surface area contributed by atoms with Gasteiger partial charge in [-0.05, 0) is 43.1 Å². The number of carbonyl (C=O) groups is 1. The van der Waals surface area contributed by atoms with Crippen molar-refractivity contribution in [2.45, 2.75) is 25.4 Å². The number of rotatable bonds is 3. The standard InChI is InChI=1S/C14H16N2O2/c1-15-12(14(17)18)11-7-9-3-2-5-16-6-4-10(8-11)13(9)16/h4,6-8,12,15H,2-3,5H2,1H3,(H,17,18). The third kappa shape index (κ3) is 1.61. The number of aliphatic carboxylic acids is 1. The molecule has 3 rings (SSSR count). The number of hydrogen-bond donors (Lipinski definition) is 2. The monoisotopic (exact) mass is 244 g/mol. The Labute approximate surface area is 105 Å². The molecule has 1 aromatic heterocycles. The van der Waals surface area contributed by atoms with Gasteiger partial charge in [0.15, 0.2) is 0 Å². The van der Waals surface area contributed by atoms with Crippen molar-refractivity contribution in [3.05, 3.63) is 35.5 Å². The van der Waals surface area contributed by atoms with Gasteiger partial charge in [-0.25, -0.2) is 0 Å². The van der Waals surface area contributed by atoms with E-state index in [4.69, 9.17) is 0 Å². The molecule has 4 heteroatoms. The average Bonchev–Trinajstić information content (AvgIpc) is 2.75. The zero-order valence-corrected chi connectivity index (χ0v) is 10.3. The van der Waals surface area contributed by atoms with Gasteiger partial charge >= 0.3 is 5.97 Å². The average molecular weight is 244 g/mol. The van der Waals surface area contributed by atoms with Crippen molar-refractivity contribution in [1.82, 2.24) is 9.88 Å². The van der Waals surface area contributed by atoms with E-state index in [-0.39, 0.29) is 0 Å². The van der Waals surface area contributed by atoms with E-state index in [1.165, 1.54) is 11.1 Å². The molecule has 1 atom stereocenters. The topological polar surface area (TPSA) is 54.3 Å². The Kier molecular flexibility index (Phi) is 2.59. The fourth-order valence-electron chi connectivity index (χ4n) is 2.88. The van der Waals surface area contributed by atoms with E-state index in [1.54, 1.807) is 7.05 Å². The van der Waals surface area contributed by atoms with Crippen LogP contribution in [0.3, 0.4) is 0 Å². The molecule has 2 N–H and O–H groups in total. The van der Waals surface area contributed by atoms with Crippen LogP contribution in [0.4, 0.5) is 0 Å². The first-order valence-corrected chi connectivity index (χ1v) is 6.22. The molecule has 0 bridgehead atoms. The maximum atomic E-state index is 11.2. The Bertz CT molecular complexity index is 616. The van der Waals surface area contributed by atoms with Crippen LogP contribution in [-0.4, -0.2) is 22.7 Å². The van der Waals surface area contributed by atoms with Crippen molar-refractivity contribution < 1.29 is 9.90 Å². The Morgan fingerprint density at radius 3 is 3.06 bits per heavy atom. The van der Waals surface area contributed by atoms with Gasteiger partial charge in [-0.1, -0.05) is 6.07 Å². The first-order valence-electron chi connectivity index (χ1n) is 6.22. The summed E-state index contributed by atoms with van der Waals surface area (Å²) in [6.45, 7) is 1.06. The number of hydrogen-bond acceptors (Lipinski definition) is 2. The smallest absolute Gasteiger partial charge is 0.325 e. The van der Waals surface area contributed by atoms with Crippen molar-refractivity contribution in [2.24, 2.45) is 0 Å². The minimum Gasteiger partial charge on any atom is -0.480 e. The van der Waals surface area contributed by atoms with Gasteiger partial charge in [-0.3, -0.25) is 4.79 Å². The lowest BCUT2D eigenvalue weighted by Crippen LogP contribution is -2.25. The van der Waals surface area contributed by atoms with Gasteiger partial charge in [-0.15, -0.1) is 0 Å². The number of carboxylic acid groups (broad SMARTS) is 1. The van der Waals surface area contributed by atoms with E-state index < -0.39 is 12.0 Å². The number of aryl methyl sites for hydroxylation is 2. The van der Waals surface area contributed by atoms with Crippen LogP contribution in [0.1, 0.15) is 23.6 Å². The lowest BCUT2D eigenvalue weighted by Gasteiger charge is -2.19. The number of aromatic nitrogens is 1. The Morgan fingerprint density at radius 2 is 2.33 bits per heavy atom. The summed E-state index contributed by atoms with van der Waals surface area (Å²) >= 11 is 0. The lowest BCUT2D eigenvalue weighted by atomic mass is 9.97. The second-order valence-electron chi connectivity index (χ2n) is 4.79. The van der Waals surface area contributed by atoms with Gasteiger partial charge in [0, 0.05) is 18.1 Å². The molecule has 2 aromatic rings. The van der Waals surface area contributed by atoms with E-state index in [0.29, 0.717) is 0 Å². The predicted octanol–water partition coefficient (Wildman–Crippen LogP) is 1.93. The van der Waals surface area contributed by atoms with Crippen LogP contribution in [0, 0.1) is 0 Å². The first-order chi connectivity index (χ1) is 8.70. The van der Waals surface area contributed by atoms with Crippen LogP contribution in [-0.2, 0) is 17.8 Å². The quantitative estimate of drug-likeness (QED) is 0.867. The summed E-state index contributed by atoms with van der Waals surface area (Å²) in [5, 5.41) is 13.2. The molecule has 18 heavy (non-hydrogen) atoms. The highest BCUT2D eigenvalue weighted by Gasteiger charge is 2.21. The molecule has 0 amide bonds. The maximum Gasteiger partial charge on any atom is 0.325 e. The van der Waals surface area contributed by atoms with Crippen LogP contribution in [0.2, 0.25) is 0 Å². The second kappa shape index (κ2) is 4.14. The maximum absolute atomic E-state index is 11.2. The van der Waals surface area contributed by atoms with Crippen molar-refractivity contribution in [2.75, 3.05) is 7.05 Å². The highest BCUT2D eigenvalue weighted by atomic mass is 16.4. The van der Waals surface area contributed by atoms with Crippen molar-refractivity contribution in [1.29, 1.82) is 0 Å². The van der Waals surface area contributed by atoms with Gasteiger partial charge in [0.2, 0.25) is 0 Å². The molecular weight excluding hydrogens is 228 g/mol. The molecule has 0 saturated heterocycles. The van der Waals surface area contributed by atoms with Crippen molar-refractivity contribution >= 4 is 16.9 Å². The lowest BCUT2D eigenvalue weighted by molar-refractivity contribution is -0.139. The summed E-state index contributed by atoms with van der Waals surface area (Å²) in [7, 11) is 1.68.